The lowest BCUT2D eigenvalue weighted by Gasteiger charge is -2.17. The first-order chi connectivity index (χ1) is 12.1. The number of hydrogen-bond acceptors (Lipinski definition) is 3. The number of carbonyl (C=O) groups is 2. The molecule has 0 bridgehead atoms. The van der Waals surface area contributed by atoms with Gasteiger partial charge in [-0.15, -0.1) is 0 Å². The maximum Gasteiger partial charge on any atom is 0.323 e. The van der Waals surface area contributed by atoms with E-state index in [-0.39, 0.29) is 17.9 Å². The molecule has 7 nitrogen and oxygen atoms in total. The number of nitrogens with zero attached hydrogens (tertiary/aromatic N) is 3. The molecule has 2 heterocycles. The molecule has 25 heavy (non-hydrogen) atoms. The van der Waals surface area contributed by atoms with Gasteiger partial charge in [0.25, 0.3) is 0 Å². The van der Waals surface area contributed by atoms with Crippen LogP contribution in [0.15, 0.2) is 36.4 Å². The molecule has 1 aliphatic heterocycles. The fraction of sp³-hybridized carbons (Fsp3) is 0.389. The first-order valence-corrected chi connectivity index (χ1v) is 8.62. The third-order valence-corrected chi connectivity index (χ3v) is 4.84. The number of urea groups is 1. The smallest absolute Gasteiger partial charge is 0.323 e. The zero-order valence-corrected chi connectivity index (χ0v) is 13.9. The average molecular weight is 339 g/mol. The van der Waals surface area contributed by atoms with Crippen molar-refractivity contribution in [3.05, 3.63) is 42.1 Å². The predicted octanol–water partition coefficient (Wildman–Crippen LogP) is 2.09. The Balaban J connectivity index is 1.55. The highest BCUT2D eigenvalue weighted by molar-refractivity contribution is 5.90. The number of aromatic nitrogens is 2. The van der Waals surface area contributed by atoms with E-state index in [2.05, 4.69) is 10.4 Å². The van der Waals surface area contributed by atoms with Gasteiger partial charge in [-0.1, -0.05) is 18.2 Å². The number of benzene rings is 1. The van der Waals surface area contributed by atoms with Crippen molar-refractivity contribution in [2.24, 2.45) is 11.7 Å². The Kier molecular flexibility index (Phi) is 3.91. The molecule has 0 spiro atoms. The Labute approximate surface area is 145 Å². The number of carbonyl (C=O) groups excluding carboxylic acids is 2. The van der Waals surface area contributed by atoms with Crippen molar-refractivity contribution in [3.8, 4) is 5.69 Å². The Hall–Kier alpha value is -2.83. The third kappa shape index (κ3) is 3.22. The third-order valence-electron chi connectivity index (χ3n) is 4.84. The van der Waals surface area contributed by atoms with Gasteiger partial charge in [-0.25, -0.2) is 9.48 Å². The van der Waals surface area contributed by atoms with Crippen molar-refractivity contribution in [1.29, 1.82) is 0 Å². The van der Waals surface area contributed by atoms with E-state index in [1.54, 1.807) is 9.58 Å². The summed E-state index contributed by atoms with van der Waals surface area (Å²) in [5.41, 5.74) is 7.26. The van der Waals surface area contributed by atoms with E-state index in [1.165, 1.54) is 0 Å². The van der Waals surface area contributed by atoms with Gasteiger partial charge in [0, 0.05) is 25.1 Å². The molecular weight excluding hydrogens is 318 g/mol. The quantitative estimate of drug-likeness (QED) is 0.893. The maximum absolute atomic E-state index is 12.6. The van der Waals surface area contributed by atoms with Gasteiger partial charge in [-0.3, -0.25) is 10.1 Å². The van der Waals surface area contributed by atoms with E-state index in [9.17, 15) is 9.59 Å². The summed E-state index contributed by atoms with van der Waals surface area (Å²) in [6.45, 7) is 0.907. The number of nitrogens with two attached hydrogens (primary N) is 1. The minimum Gasteiger partial charge on any atom is -0.369 e. The number of anilines is 1. The van der Waals surface area contributed by atoms with E-state index in [0.29, 0.717) is 31.2 Å². The summed E-state index contributed by atoms with van der Waals surface area (Å²) in [7, 11) is 0. The lowest BCUT2D eigenvalue weighted by molar-refractivity contribution is -0.121. The molecule has 3 amide bonds. The summed E-state index contributed by atoms with van der Waals surface area (Å²) in [5, 5.41) is 7.62. The Morgan fingerprint density at radius 3 is 2.56 bits per heavy atom. The van der Waals surface area contributed by atoms with Gasteiger partial charge in [0.05, 0.1) is 17.3 Å². The van der Waals surface area contributed by atoms with E-state index < -0.39 is 0 Å². The van der Waals surface area contributed by atoms with Gasteiger partial charge in [0.15, 0.2) is 0 Å². The van der Waals surface area contributed by atoms with E-state index in [0.717, 1.165) is 24.2 Å². The van der Waals surface area contributed by atoms with Gasteiger partial charge in [-0.2, -0.15) is 5.10 Å². The molecule has 1 saturated carbocycles. The van der Waals surface area contributed by atoms with Crippen LogP contribution in [0.3, 0.4) is 0 Å². The highest BCUT2D eigenvalue weighted by atomic mass is 16.2. The molecule has 1 aliphatic carbocycles. The first-order valence-electron chi connectivity index (χ1n) is 8.62. The molecule has 1 atom stereocenters. The van der Waals surface area contributed by atoms with Crippen LogP contribution < -0.4 is 11.1 Å². The van der Waals surface area contributed by atoms with Crippen LogP contribution in [0, 0.1) is 5.92 Å². The van der Waals surface area contributed by atoms with Gasteiger partial charge in [0.1, 0.15) is 5.82 Å². The van der Waals surface area contributed by atoms with E-state index in [1.807, 2.05) is 36.4 Å². The molecule has 1 aromatic carbocycles. The van der Waals surface area contributed by atoms with E-state index >= 15 is 0 Å². The van der Waals surface area contributed by atoms with Crippen LogP contribution >= 0.6 is 0 Å². The summed E-state index contributed by atoms with van der Waals surface area (Å²) < 4.78 is 1.77. The van der Waals surface area contributed by atoms with Gasteiger partial charge < -0.3 is 10.6 Å². The number of para-hydroxylation sites is 1. The van der Waals surface area contributed by atoms with Crippen molar-refractivity contribution >= 4 is 17.8 Å². The molecule has 2 aliphatic rings. The standard InChI is InChI=1S/C18H21N5O2/c19-17(24)13-8-9-22(11-13)18(25)20-16-10-15(12-6-7-12)21-23(16)14-4-2-1-3-5-14/h1-5,10,12-13H,6-9,11H2,(H2,19,24)(H,20,25). The Morgan fingerprint density at radius 2 is 1.92 bits per heavy atom. The van der Waals surface area contributed by atoms with Crippen LogP contribution in [0.2, 0.25) is 0 Å². The van der Waals surface area contributed by atoms with Crippen LogP contribution in [0.1, 0.15) is 30.9 Å². The number of likely N-dealkylation sites (tertiary alicyclic amines) is 1. The number of rotatable bonds is 4. The molecule has 1 aromatic heterocycles. The van der Waals surface area contributed by atoms with Gasteiger partial charge >= 0.3 is 6.03 Å². The second-order valence-electron chi connectivity index (χ2n) is 6.74. The summed E-state index contributed by atoms with van der Waals surface area (Å²) in [5.74, 6) is 0.541. The van der Waals surface area contributed by atoms with Crippen LogP contribution in [0.4, 0.5) is 10.6 Å². The Morgan fingerprint density at radius 1 is 1.16 bits per heavy atom. The molecule has 0 radical (unpaired) electrons. The average Bonchev–Trinajstić information content (AvgIpc) is 3.19. The lowest BCUT2D eigenvalue weighted by Crippen LogP contribution is -2.35. The zero-order chi connectivity index (χ0) is 17.4. The first kappa shape index (κ1) is 15.7. The molecule has 2 fully saturated rings. The fourth-order valence-corrected chi connectivity index (χ4v) is 3.20. The summed E-state index contributed by atoms with van der Waals surface area (Å²) >= 11 is 0. The molecule has 7 heteroatoms. The number of hydrogen-bond donors (Lipinski definition) is 2. The van der Waals surface area contributed by atoms with Gasteiger partial charge in [0.2, 0.25) is 5.91 Å². The van der Waals surface area contributed by atoms with Gasteiger partial charge in [-0.05, 0) is 31.4 Å². The minimum atomic E-state index is -0.347. The highest BCUT2D eigenvalue weighted by Crippen LogP contribution is 2.40. The number of nitrogens with one attached hydrogen (secondary N) is 1. The lowest BCUT2D eigenvalue weighted by atomic mass is 10.1. The second kappa shape index (κ2) is 6.23. The second-order valence-corrected chi connectivity index (χ2v) is 6.74. The molecule has 1 saturated heterocycles. The predicted molar refractivity (Wildman–Crippen MR) is 93.4 cm³/mol. The maximum atomic E-state index is 12.6. The van der Waals surface area contributed by atoms with Crippen molar-refractivity contribution < 1.29 is 9.59 Å². The van der Waals surface area contributed by atoms with Crippen molar-refractivity contribution in [2.45, 2.75) is 25.2 Å². The molecule has 4 rings (SSSR count). The highest BCUT2D eigenvalue weighted by Gasteiger charge is 2.31. The fourth-order valence-electron chi connectivity index (χ4n) is 3.20. The topological polar surface area (TPSA) is 93.2 Å². The SMILES string of the molecule is NC(=O)C1CCN(C(=O)Nc2cc(C3CC3)nn2-c2ccccc2)C1. The van der Waals surface area contributed by atoms with Crippen molar-refractivity contribution in [3.63, 3.8) is 0 Å². The monoisotopic (exact) mass is 339 g/mol. The molecule has 3 N–H and O–H groups in total. The molecule has 130 valence electrons. The van der Waals surface area contributed by atoms with Crippen LogP contribution in [-0.4, -0.2) is 39.7 Å². The summed E-state index contributed by atoms with van der Waals surface area (Å²) in [6.07, 6.45) is 2.91. The normalized spacial score (nSPS) is 19.8. The Bertz CT molecular complexity index is 797. The van der Waals surface area contributed by atoms with Crippen molar-refractivity contribution in [2.75, 3.05) is 18.4 Å². The van der Waals surface area contributed by atoms with Crippen LogP contribution in [0.5, 0.6) is 0 Å². The largest absolute Gasteiger partial charge is 0.369 e. The molecule has 2 aromatic rings. The summed E-state index contributed by atoms with van der Waals surface area (Å²) in [4.78, 5) is 25.5. The van der Waals surface area contributed by atoms with Crippen LogP contribution in [-0.2, 0) is 4.79 Å². The number of primary amides is 1. The summed E-state index contributed by atoms with van der Waals surface area (Å²) in [6, 6.07) is 11.5. The zero-order valence-electron chi connectivity index (χ0n) is 13.9. The van der Waals surface area contributed by atoms with E-state index in [4.69, 9.17) is 5.73 Å². The van der Waals surface area contributed by atoms with Crippen molar-refractivity contribution in [1.82, 2.24) is 14.7 Å². The molecular formula is C18H21N5O2. The minimum absolute atomic E-state index is 0.219. The van der Waals surface area contributed by atoms with Crippen LogP contribution in [0.25, 0.3) is 5.69 Å². The molecule has 1 unspecified atom stereocenters. The number of amides is 3.